The highest BCUT2D eigenvalue weighted by atomic mass is 16.5. The lowest BCUT2D eigenvalue weighted by molar-refractivity contribution is 0.0679. The topological polar surface area (TPSA) is 38.7 Å². The van der Waals surface area contributed by atoms with Crippen LogP contribution >= 0.6 is 0 Å². The van der Waals surface area contributed by atoms with Crippen molar-refractivity contribution in [3.63, 3.8) is 0 Å². The Morgan fingerprint density at radius 3 is 2.75 bits per heavy atom. The van der Waals surface area contributed by atoms with Crippen LogP contribution in [0.15, 0.2) is 24.3 Å². The van der Waals surface area contributed by atoms with E-state index in [0.717, 1.165) is 30.8 Å². The SMILES string of the molecule is C[C@@H](O)c1ccc(OCC2CCCO2)cc1. The number of hydrogen-bond donors (Lipinski definition) is 1. The summed E-state index contributed by atoms with van der Waals surface area (Å²) >= 11 is 0. The molecule has 1 aromatic rings. The molecule has 1 aromatic carbocycles. The van der Waals surface area contributed by atoms with E-state index in [2.05, 4.69) is 0 Å². The van der Waals surface area contributed by atoms with Gasteiger partial charge in [0, 0.05) is 6.61 Å². The molecular formula is C13H18O3. The van der Waals surface area contributed by atoms with E-state index in [1.807, 2.05) is 24.3 Å². The summed E-state index contributed by atoms with van der Waals surface area (Å²) in [7, 11) is 0. The number of rotatable bonds is 4. The van der Waals surface area contributed by atoms with E-state index >= 15 is 0 Å². The Kier molecular flexibility index (Phi) is 3.80. The van der Waals surface area contributed by atoms with Crippen molar-refractivity contribution >= 4 is 0 Å². The van der Waals surface area contributed by atoms with Crippen LogP contribution in [0, 0.1) is 0 Å². The summed E-state index contributed by atoms with van der Waals surface area (Å²) in [4.78, 5) is 0. The van der Waals surface area contributed by atoms with Crippen molar-refractivity contribution in [2.24, 2.45) is 0 Å². The first-order valence-electron chi connectivity index (χ1n) is 5.78. The van der Waals surface area contributed by atoms with Crippen LogP contribution in [0.4, 0.5) is 0 Å². The van der Waals surface area contributed by atoms with Crippen molar-refractivity contribution < 1.29 is 14.6 Å². The minimum absolute atomic E-state index is 0.247. The van der Waals surface area contributed by atoms with Crippen LogP contribution in [-0.2, 0) is 4.74 Å². The highest BCUT2D eigenvalue weighted by Crippen LogP contribution is 2.19. The molecule has 16 heavy (non-hydrogen) atoms. The van der Waals surface area contributed by atoms with Gasteiger partial charge in [-0.15, -0.1) is 0 Å². The van der Waals surface area contributed by atoms with Crippen molar-refractivity contribution in [3.05, 3.63) is 29.8 Å². The largest absolute Gasteiger partial charge is 0.491 e. The molecule has 3 nitrogen and oxygen atoms in total. The molecule has 1 aliphatic heterocycles. The average molecular weight is 222 g/mol. The summed E-state index contributed by atoms with van der Waals surface area (Å²) in [5, 5.41) is 9.36. The van der Waals surface area contributed by atoms with Gasteiger partial charge in [0.15, 0.2) is 0 Å². The Balaban J connectivity index is 1.84. The van der Waals surface area contributed by atoms with Crippen molar-refractivity contribution in [1.82, 2.24) is 0 Å². The molecule has 0 bridgehead atoms. The fourth-order valence-corrected chi connectivity index (χ4v) is 1.81. The van der Waals surface area contributed by atoms with Crippen LogP contribution in [0.1, 0.15) is 31.4 Å². The first-order chi connectivity index (χ1) is 7.75. The van der Waals surface area contributed by atoms with Gasteiger partial charge in [-0.2, -0.15) is 0 Å². The van der Waals surface area contributed by atoms with Gasteiger partial charge in [-0.1, -0.05) is 12.1 Å². The monoisotopic (exact) mass is 222 g/mol. The number of hydrogen-bond acceptors (Lipinski definition) is 3. The molecule has 0 aromatic heterocycles. The molecule has 1 heterocycles. The number of aliphatic hydroxyl groups excluding tert-OH is 1. The second-order valence-corrected chi connectivity index (χ2v) is 4.19. The van der Waals surface area contributed by atoms with E-state index < -0.39 is 6.10 Å². The van der Waals surface area contributed by atoms with Crippen molar-refractivity contribution in [3.8, 4) is 5.75 Å². The predicted molar refractivity (Wildman–Crippen MR) is 61.5 cm³/mol. The Labute approximate surface area is 96.0 Å². The normalized spacial score (nSPS) is 22.0. The Bertz CT molecular complexity index is 312. The van der Waals surface area contributed by atoms with Crippen LogP contribution in [0.25, 0.3) is 0 Å². The quantitative estimate of drug-likeness (QED) is 0.849. The lowest BCUT2D eigenvalue weighted by Gasteiger charge is -2.12. The van der Waals surface area contributed by atoms with E-state index in [1.165, 1.54) is 0 Å². The maximum atomic E-state index is 9.36. The maximum Gasteiger partial charge on any atom is 0.119 e. The first-order valence-corrected chi connectivity index (χ1v) is 5.78. The minimum Gasteiger partial charge on any atom is -0.491 e. The highest BCUT2D eigenvalue weighted by molar-refractivity contribution is 5.28. The van der Waals surface area contributed by atoms with Gasteiger partial charge < -0.3 is 14.6 Å². The summed E-state index contributed by atoms with van der Waals surface area (Å²) in [6.07, 6.45) is 2.05. The Morgan fingerprint density at radius 1 is 1.44 bits per heavy atom. The van der Waals surface area contributed by atoms with E-state index in [-0.39, 0.29) is 6.10 Å². The second-order valence-electron chi connectivity index (χ2n) is 4.19. The summed E-state index contributed by atoms with van der Waals surface area (Å²) in [5.41, 5.74) is 0.907. The molecule has 0 saturated carbocycles. The van der Waals surface area contributed by atoms with Crippen molar-refractivity contribution in [2.75, 3.05) is 13.2 Å². The van der Waals surface area contributed by atoms with Crippen LogP contribution in [0.2, 0.25) is 0 Å². The fourth-order valence-electron chi connectivity index (χ4n) is 1.81. The third-order valence-electron chi connectivity index (χ3n) is 2.82. The van der Waals surface area contributed by atoms with Crippen molar-refractivity contribution in [1.29, 1.82) is 0 Å². The molecule has 0 aliphatic carbocycles. The maximum absolute atomic E-state index is 9.36. The lowest BCUT2D eigenvalue weighted by Crippen LogP contribution is -2.16. The van der Waals surface area contributed by atoms with E-state index in [4.69, 9.17) is 9.47 Å². The third kappa shape index (κ3) is 2.97. The molecule has 1 N–H and O–H groups in total. The standard InChI is InChI=1S/C13H18O3/c1-10(14)11-4-6-12(7-5-11)16-9-13-3-2-8-15-13/h4-7,10,13-14H,2-3,8-9H2,1H3/t10-,13?/m1/s1. The molecule has 1 aliphatic rings. The molecule has 2 rings (SSSR count). The number of benzene rings is 1. The van der Waals surface area contributed by atoms with Gasteiger partial charge in [0.25, 0.3) is 0 Å². The van der Waals surface area contributed by atoms with Crippen LogP contribution in [-0.4, -0.2) is 24.4 Å². The van der Waals surface area contributed by atoms with E-state index in [0.29, 0.717) is 6.61 Å². The van der Waals surface area contributed by atoms with Gasteiger partial charge >= 0.3 is 0 Å². The lowest BCUT2D eigenvalue weighted by atomic mass is 10.1. The first kappa shape index (κ1) is 11.4. The minimum atomic E-state index is -0.424. The molecule has 3 heteroatoms. The van der Waals surface area contributed by atoms with Gasteiger partial charge in [0.1, 0.15) is 12.4 Å². The number of aliphatic hydroxyl groups is 1. The van der Waals surface area contributed by atoms with Gasteiger partial charge in [0.05, 0.1) is 12.2 Å². The molecule has 1 unspecified atom stereocenters. The highest BCUT2D eigenvalue weighted by Gasteiger charge is 2.15. The smallest absolute Gasteiger partial charge is 0.119 e. The summed E-state index contributed by atoms with van der Waals surface area (Å²) in [6, 6.07) is 7.54. The number of ether oxygens (including phenoxy) is 2. The molecule has 2 atom stereocenters. The molecule has 0 spiro atoms. The third-order valence-corrected chi connectivity index (χ3v) is 2.82. The van der Waals surface area contributed by atoms with Gasteiger partial charge in [-0.05, 0) is 37.5 Å². The fraction of sp³-hybridized carbons (Fsp3) is 0.538. The van der Waals surface area contributed by atoms with Gasteiger partial charge in [-0.25, -0.2) is 0 Å². The summed E-state index contributed by atoms with van der Waals surface area (Å²) in [6.45, 7) is 3.23. The van der Waals surface area contributed by atoms with Crippen LogP contribution < -0.4 is 4.74 Å². The summed E-state index contributed by atoms with van der Waals surface area (Å²) < 4.78 is 11.1. The molecular weight excluding hydrogens is 204 g/mol. The van der Waals surface area contributed by atoms with Crippen molar-refractivity contribution in [2.45, 2.75) is 32.0 Å². The summed E-state index contributed by atoms with van der Waals surface area (Å²) in [5.74, 6) is 0.833. The zero-order valence-electron chi connectivity index (χ0n) is 9.56. The molecule has 1 saturated heterocycles. The Morgan fingerprint density at radius 2 is 2.19 bits per heavy atom. The molecule has 1 fully saturated rings. The van der Waals surface area contributed by atoms with E-state index in [9.17, 15) is 5.11 Å². The second kappa shape index (κ2) is 5.32. The Hall–Kier alpha value is -1.06. The van der Waals surface area contributed by atoms with Crippen LogP contribution in [0.5, 0.6) is 5.75 Å². The molecule has 0 radical (unpaired) electrons. The van der Waals surface area contributed by atoms with Crippen LogP contribution in [0.3, 0.4) is 0 Å². The van der Waals surface area contributed by atoms with Gasteiger partial charge in [0.2, 0.25) is 0 Å². The zero-order valence-corrected chi connectivity index (χ0v) is 9.56. The molecule has 0 amide bonds. The van der Waals surface area contributed by atoms with E-state index in [1.54, 1.807) is 6.92 Å². The molecule has 88 valence electrons. The predicted octanol–water partition coefficient (Wildman–Crippen LogP) is 2.30. The average Bonchev–Trinajstić information content (AvgIpc) is 2.80. The zero-order chi connectivity index (χ0) is 11.4. The van der Waals surface area contributed by atoms with Gasteiger partial charge in [-0.3, -0.25) is 0 Å².